The highest BCUT2D eigenvalue weighted by Gasteiger charge is 2.42. The van der Waals surface area contributed by atoms with Crippen LogP contribution >= 0.6 is 11.6 Å². The molecule has 0 amide bonds. The number of nitrogens with zero attached hydrogens (tertiary/aromatic N) is 4. The van der Waals surface area contributed by atoms with Crippen LogP contribution in [0.15, 0.2) is 51.8 Å². The molecule has 1 atom stereocenters. The van der Waals surface area contributed by atoms with Gasteiger partial charge >= 0.3 is 5.76 Å². The SMILES string of the molecule is Cc1cc(-c2noc(=O)[nH]2)nnc1CN1CCC(c2cccc3c2O[C@@](C)(c2ccc(Cl)cc2F)O3)CC1. The molecule has 0 saturated carbocycles. The van der Waals surface area contributed by atoms with E-state index in [1.165, 1.54) is 6.07 Å². The number of para-hydroxylation sites is 1. The van der Waals surface area contributed by atoms with Gasteiger partial charge in [0.15, 0.2) is 11.5 Å². The average molecular weight is 538 g/mol. The van der Waals surface area contributed by atoms with Crippen LogP contribution in [0.1, 0.15) is 48.1 Å². The van der Waals surface area contributed by atoms with Crippen LogP contribution in [0, 0.1) is 12.7 Å². The number of halogens is 2. The van der Waals surface area contributed by atoms with Gasteiger partial charge in [-0.15, -0.1) is 5.10 Å². The van der Waals surface area contributed by atoms with Gasteiger partial charge < -0.3 is 9.47 Å². The molecular weight excluding hydrogens is 513 g/mol. The van der Waals surface area contributed by atoms with E-state index in [9.17, 15) is 9.18 Å². The van der Waals surface area contributed by atoms with E-state index in [0.29, 0.717) is 34.3 Å². The van der Waals surface area contributed by atoms with Crippen molar-refractivity contribution in [1.29, 1.82) is 0 Å². The van der Waals surface area contributed by atoms with Crippen LogP contribution in [0.5, 0.6) is 11.5 Å². The van der Waals surface area contributed by atoms with Crippen LogP contribution in [0.2, 0.25) is 5.02 Å². The molecule has 0 unspecified atom stereocenters. The summed E-state index contributed by atoms with van der Waals surface area (Å²) in [5.74, 6) is -0.546. The second-order valence-corrected chi connectivity index (χ2v) is 10.2. The Kier molecular flexibility index (Phi) is 6.16. The minimum Gasteiger partial charge on any atom is -0.444 e. The van der Waals surface area contributed by atoms with Gasteiger partial charge in [-0.1, -0.05) is 28.9 Å². The normalized spacial score (nSPS) is 19.7. The van der Waals surface area contributed by atoms with Crippen molar-refractivity contribution in [3.63, 3.8) is 0 Å². The molecule has 0 aliphatic carbocycles. The Bertz CT molecular complexity index is 1570. The largest absolute Gasteiger partial charge is 0.444 e. The number of aromatic amines is 1. The third kappa shape index (κ3) is 4.54. The Morgan fingerprint density at radius 3 is 2.68 bits per heavy atom. The molecule has 0 bridgehead atoms. The van der Waals surface area contributed by atoms with Gasteiger partial charge in [-0.25, -0.2) is 9.18 Å². The molecule has 2 aliphatic heterocycles. The van der Waals surface area contributed by atoms with Crippen molar-refractivity contribution in [3.05, 3.63) is 86.2 Å². The zero-order valence-electron chi connectivity index (χ0n) is 20.8. The van der Waals surface area contributed by atoms with Crippen molar-refractivity contribution in [2.24, 2.45) is 0 Å². The van der Waals surface area contributed by atoms with Crippen LogP contribution in [-0.4, -0.2) is 38.3 Å². The van der Waals surface area contributed by atoms with E-state index >= 15 is 0 Å². The van der Waals surface area contributed by atoms with Gasteiger partial charge in [-0.3, -0.25) is 14.4 Å². The number of benzene rings is 2. The number of piperidine rings is 1. The monoisotopic (exact) mass is 537 g/mol. The van der Waals surface area contributed by atoms with Crippen LogP contribution in [-0.2, 0) is 12.3 Å². The third-order valence-electron chi connectivity index (χ3n) is 7.20. The molecule has 196 valence electrons. The van der Waals surface area contributed by atoms with Gasteiger partial charge in [0.25, 0.3) is 5.79 Å². The van der Waals surface area contributed by atoms with Gasteiger partial charge in [0.05, 0.1) is 11.3 Å². The number of H-pyrrole nitrogens is 1. The van der Waals surface area contributed by atoms with E-state index in [1.807, 2.05) is 25.1 Å². The molecule has 4 heterocycles. The summed E-state index contributed by atoms with van der Waals surface area (Å²) in [6.45, 7) is 6.10. The standard InChI is InChI=1S/C27H25ClFN5O4/c1-15-12-21(25-30-26(35)38-33-25)31-32-22(15)14-34-10-8-16(9-11-34)18-4-3-5-23-24(18)37-27(2,36-23)19-7-6-17(28)13-20(19)29/h3-7,12-13,16H,8-11,14H2,1-2H3,(H,30,33,35)/t27-/m0/s1. The number of rotatable bonds is 5. The first kappa shape index (κ1) is 24.6. The van der Waals surface area contributed by atoms with Crippen molar-refractivity contribution in [1.82, 2.24) is 25.2 Å². The first-order chi connectivity index (χ1) is 18.3. The minimum atomic E-state index is -1.27. The maximum atomic E-state index is 14.7. The average Bonchev–Trinajstić information content (AvgIpc) is 3.48. The minimum absolute atomic E-state index is 0.259. The topological polar surface area (TPSA) is 106 Å². The molecule has 11 heteroatoms. The number of ether oxygens (including phenoxy) is 2. The quantitative estimate of drug-likeness (QED) is 0.381. The fourth-order valence-electron chi connectivity index (χ4n) is 5.17. The summed E-state index contributed by atoms with van der Waals surface area (Å²) in [4.78, 5) is 16.1. The van der Waals surface area contributed by atoms with Gasteiger partial charge in [-0.05, 0) is 74.7 Å². The Morgan fingerprint density at radius 2 is 1.97 bits per heavy atom. The fourth-order valence-corrected chi connectivity index (χ4v) is 5.33. The Labute approximate surface area is 222 Å². The molecule has 4 aromatic rings. The predicted molar refractivity (Wildman–Crippen MR) is 137 cm³/mol. The summed E-state index contributed by atoms with van der Waals surface area (Å²) in [5.41, 5.74) is 3.66. The number of hydrogen-bond donors (Lipinski definition) is 1. The number of aryl methyl sites for hydroxylation is 1. The van der Waals surface area contributed by atoms with E-state index in [2.05, 4.69) is 35.8 Å². The molecule has 38 heavy (non-hydrogen) atoms. The maximum absolute atomic E-state index is 14.7. The molecule has 2 aromatic carbocycles. The van der Waals surface area contributed by atoms with Crippen LogP contribution < -0.4 is 15.2 Å². The fraction of sp³-hybridized carbons (Fsp3) is 0.333. The molecule has 9 nitrogen and oxygen atoms in total. The maximum Gasteiger partial charge on any atom is 0.439 e. The summed E-state index contributed by atoms with van der Waals surface area (Å²) in [7, 11) is 0. The predicted octanol–water partition coefficient (Wildman–Crippen LogP) is 4.94. The Balaban J connectivity index is 1.14. The third-order valence-corrected chi connectivity index (χ3v) is 7.44. The number of fused-ring (bicyclic) bond motifs is 1. The number of aromatic nitrogens is 4. The summed E-state index contributed by atoms with van der Waals surface area (Å²) in [6.07, 6.45) is 1.85. The first-order valence-electron chi connectivity index (χ1n) is 12.4. The molecule has 1 N–H and O–H groups in total. The molecule has 0 spiro atoms. The van der Waals surface area contributed by atoms with Crippen molar-refractivity contribution < 1.29 is 18.4 Å². The molecule has 2 aromatic heterocycles. The number of nitrogens with one attached hydrogen (secondary N) is 1. The lowest BCUT2D eigenvalue weighted by molar-refractivity contribution is -0.0712. The Morgan fingerprint density at radius 1 is 1.16 bits per heavy atom. The Hall–Kier alpha value is -3.76. The van der Waals surface area contributed by atoms with E-state index in [0.717, 1.165) is 42.8 Å². The number of hydrogen-bond acceptors (Lipinski definition) is 8. The van der Waals surface area contributed by atoms with E-state index in [4.69, 9.17) is 21.1 Å². The van der Waals surface area contributed by atoms with Crippen molar-refractivity contribution in [2.45, 2.75) is 44.9 Å². The van der Waals surface area contributed by atoms with Crippen LogP contribution in [0.4, 0.5) is 4.39 Å². The van der Waals surface area contributed by atoms with Gasteiger partial charge in [-0.2, -0.15) is 5.10 Å². The van der Waals surface area contributed by atoms with E-state index in [-0.39, 0.29) is 11.7 Å². The van der Waals surface area contributed by atoms with Gasteiger partial charge in [0.1, 0.15) is 11.5 Å². The highest BCUT2D eigenvalue weighted by molar-refractivity contribution is 6.30. The molecule has 1 fully saturated rings. The molecule has 1 saturated heterocycles. The lowest BCUT2D eigenvalue weighted by atomic mass is 9.88. The van der Waals surface area contributed by atoms with Gasteiger partial charge in [0, 0.05) is 24.1 Å². The summed E-state index contributed by atoms with van der Waals surface area (Å²) in [6, 6.07) is 12.2. The van der Waals surface area contributed by atoms with Crippen LogP contribution in [0.25, 0.3) is 11.5 Å². The van der Waals surface area contributed by atoms with Crippen molar-refractivity contribution in [3.8, 4) is 23.0 Å². The number of likely N-dealkylation sites (tertiary alicyclic amines) is 1. The van der Waals surface area contributed by atoms with E-state index in [1.54, 1.807) is 19.1 Å². The summed E-state index contributed by atoms with van der Waals surface area (Å²) in [5, 5.41) is 12.6. The van der Waals surface area contributed by atoms with Crippen molar-refractivity contribution >= 4 is 11.6 Å². The second kappa shape index (κ2) is 9.52. The molecule has 2 aliphatic rings. The van der Waals surface area contributed by atoms with Crippen LogP contribution in [0.3, 0.4) is 0 Å². The highest BCUT2D eigenvalue weighted by Crippen LogP contribution is 2.49. The van der Waals surface area contributed by atoms with Gasteiger partial charge in [0.2, 0.25) is 5.82 Å². The lowest BCUT2D eigenvalue weighted by Crippen LogP contribution is -2.34. The summed E-state index contributed by atoms with van der Waals surface area (Å²) < 4.78 is 31.7. The zero-order valence-corrected chi connectivity index (χ0v) is 21.6. The second-order valence-electron chi connectivity index (χ2n) is 9.80. The van der Waals surface area contributed by atoms with E-state index < -0.39 is 17.4 Å². The smallest absolute Gasteiger partial charge is 0.439 e. The lowest BCUT2D eigenvalue weighted by Gasteiger charge is -2.32. The highest BCUT2D eigenvalue weighted by atomic mass is 35.5. The molecular formula is C27H25ClFN5O4. The summed E-state index contributed by atoms with van der Waals surface area (Å²) >= 11 is 5.94. The first-order valence-corrected chi connectivity index (χ1v) is 12.8. The van der Waals surface area contributed by atoms with Crippen molar-refractivity contribution in [2.75, 3.05) is 13.1 Å². The molecule has 6 rings (SSSR count). The zero-order chi connectivity index (χ0) is 26.4. The molecule has 0 radical (unpaired) electrons.